The highest BCUT2D eigenvalue weighted by Crippen LogP contribution is 2.35. The van der Waals surface area contributed by atoms with Crippen LogP contribution in [0.3, 0.4) is 0 Å². The van der Waals surface area contributed by atoms with E-state index in [1.54, 1.807) is 0 Å². The summed E-state index contributed by atoms with van der Waals surface area (Å²) < 4.78 is 0. The zero-order chi connectivity index (χ0) is 8.32. The SMILES string of the molecule is CC(CC#N)NC1(CO)CC1. The summed E-state index contributed by atoms with van der Waals surface area (Å²) in [5.74, 6) is 0. The van der Waals surface area contributed by atoms with Crippen LogP contribution >= 0.6 is 0 Å². The molecule has 0 aromatic heterocycles. The summed E-state index contributed by atoms with van der Waals surface area (Å²) in [6, 6.07) is 2.30. The van der Waals surface area contributed by atoms with Crippen LogP contribution in [0.15, 0.2) is 0 Å². The molecule has 0 heterocycles. The lowest BCUT2D eigenvalue weighted by molar-refractivity contribution is 0.221. The summed E-state index contributed by atoms with van der Waals surface area (Å²) in [6.45, 7) is 2.17. The second kappa shape index (κ2) is 3.21. The molecule has 3 nitrogen and oxygen atoms in total. The van der Waals surface area contributed by atoms with Crippen LogP contribution in [0.2, 0.25) is 0 Å². The highest BCUT2D eigenvalue weighted by molar-refractivity contribution is 5.03. The van der Waals surface area contributed by atoms with Crippen molar-refractivity contribution in [2.45, 2.75) is 37.8 Å². The molecule has 0 spiro atoms. The fourth-order valence-corrected chi connectivity index (χ4v) is 1.21. The molecule has 62 valence electrons. The smallest absolute Gasteiger partial charge is 0.0638 e. The normalized spacial score (nSPS) is 22.3. The van der Waals surface area contributed by atoms with Gasteiger partial charge in [0.25, 0.3) is 0 Å². The maximum Gasteiger partial charge on any atom is 0.0638 e. The maximum atomic E-state index is 8.93. The Morgan fingerprint density at radius 2 is 2.36 bits per heavy atom. The number of nitrogens with zero attached hydrogens (tertiary/aromatic N) is 1. The molecule has 0 amide bonds. The molecule has 11 heavy (non-hydrogen) atoms. The number of nitrogens with one attached hydrogen (secondary N) is 1. The van der Waals surface area contributed by atoms with Crippen LogP contribution in [-0.4, -0.2) is 23.3 Å². The summed E-state index contributed by atoms with van der Waals surface area (Å²) in [7, 11) is 0. The van der Waals surface area contributed by atoms with E-state index in [1.165, 1.54) is 0 Å². The summed E-state index contributed by atoms with van der Waals surface area (Å²) in [4.78, 5) is 0. The highest BCUT2D eigenvalue weighted by Gasteiger charge is 2.42. The van der Waals surface area contributed by atoms with Gasteiger partial charge >= 0.3 is 0 Å². The molecule has 0 saturated heterocycles. The van der Waals surface area contributed by atoms with Crippen LogP contribution in [0, 0.1) is 11.3 Å². The molecule has 1 rings (SSSR count). The Labute approximate surface area is 67.0 Å². The Kier molecular flexibility index (Phi) is 2.48. The van der Waals surface area contributed by atoms with Crippen LogP contribution in [0.1, 0.15) is 26.2 Å². The largest absolute Gasteiger partial charge is 0.394 e. The minimum atomic E-state index is -0.0315. The highest BCUT2D eigenvalue weighted by atomic mass is 16.3. The second-order valence-corrected chi connectivity index (χ2v) is 3.35. The van der Waals surface area contributed by atoms with E-state index in [-0.39, 0.29) is 18.2 Å². The molecule has 1 atom stereocenters. The quantitative estimate of drug-likeness (QED) is 0.616. The van der Waals surface area contributed by atoms with E-state index in [1.807, 2.05) is 6.92 Å². The number of aliphatic hydroxyl groups is 1. The standard InChI is InChI=1S/C8H14N2O/c1-7(2-5-9)10-8(6-11)3-4-8/h7,10-11H,2-4,6H2,1H3. The van der Waals surface area contributed by atoms with Crippen molar-refractivity contribution in [3.63, 3.8) is 0 Å². The van der Waals surface area contributed by atoms with Crippen LogP contribution in [0.25, 0.3) is 0 Å². The Hall–Kier alpha value is -0.590. The zero-order valence-corrected chi connectivity index (χ0v) is 6.80. The second-order valence-electron chi connectivity index (χ2n) is 3.35. The molecule has 0 aromatic carbocycles. The number of aliphatic hydroxyl groups excluding tert-OH is 1. The number of hydrogen-bond donors (Lipinski definition) is 2. The van der Waals surface area contributed by atoms with E-state index in [0.29, 0.717) is 6.42 Å². The van der Waals surface area contributed by atoms with E-state index in [2.05, 4.69) is 11.4 Å². The topological polar surface area (TPSA) is 56.0 Å². The maximum absolute atomic E-state index is 8.93. The number of rotatable bonds is 4. The van der Waals surface area contributed by atoms with Gasteiger partial charge in [-0.2, -0.15) is 5.26 Å². The fraction of sp³-hybridized carbons (Fsp3) is 0.875. The molecular weight excluding hydrogens is 140 g/mol. The van der Waals surface area contributed by atoms with Crippen molar-refractivity contribution in [2.24, 2.45) is 0 Å². The van der Waals surface area contributed by atoms with Crippen LogP contribution in [0.4, 0.5) is 0 Å². The van der Waals surface area contributed by atoms with Crippen LogP contribution < -0.4 is 5.32 Å². The van der Waals surface area contributed by atoms with Gasteiger partial charge in [0, 0.05) is 11.6 Å². The van der Waals surface area contributed by atoms with Crippen molar-refractivity contribution in [3.05, 3.63) is 0 Å². The van der Waals surface area contributed by atoms with E-state index in [0.717, 1.165) is 12.8 Å². The van der Waals surface area contributed by atoms with Crippen molar-refractivity contribution in [2.75, 3.05) is 6.61 Å². The van der Waals surface area contributed by atoms with Gasteiger partial charge in [0.15, 0.2) is 0 Å². The minimum Gasteiger partial charge on any atom is -0.394 e. The average molecular weight is 154 g/mol. The van der Waals surface area contributed by atoms with Crippen molar-refractivity contribution in [3.8, 4) is 6.07 Å². The average Bonchev–Trinajstić information content (AvgIpc) is 2.70. The fourth-order valence-electron chi connectivity index (χ4n) is 1.21. The summed E-state index contributed by atoms with van der Waals surface area (Å²) >= 11 is 0. The molecule has 1 aliphatic carbocycles. The molecule has 0 aliphatic heterocycles. The molecular formula is C8H14N2O. The molecule has 1 fully saturated rings. The van der Waals surface area contributed by atoms with E-state index >= 15 is 0 Å². The molecule has 1 saturated carbocycles. The number of hydrogen-bond acceptors (Lipinski definition) is 3. The molecule has 0 bridgehead atoms. The van der Waals surface area contributed by atoms with Crippen LogP contribution in [-0.2, 0) is 0 Å². The van der Waals surface area contributed by atoms with Gasteiger partial charge in [-0.05, 0) is 19.8 Å². The van der Waals surface area contributed by atoms with Crippen molar-refractivity contribution >= 4 is 0 Å². The predicted molar refractivity (Wildman–Crippen MR) is 41.9 cm³/mol. The van der Waals surface area contributed by atoms with E-state index in [4.69, 9.17) is 10.4 Å². The third kappa shape index (κ3) is 2.18. The van der Waals surface area contributed by atoms with Gasteiger partial charge in [-0.3, -0.25) is 0 Å². The van der Waals surface area contributed by atoms with Crippen LogP contribution in [0.5, 0.6) is 0 Å². The van der Waals surface area contributed by atoms with Gasteiger partial charge < -0.3 is 10.4 Å². The van der Waals surface area contributed by atoms with Crippen molar-refractivity contribution < 1.29 is 5.11 Å². The lowest BCUT2D eigenvalue weighted by atomic mass is 10.2. The lowest BCUT2D eigenvalue weighted by Gasteiger charge is -2.18. The van der Waals surface area contributed by atoms with Crippen molar-refractivity contribution in [1.82, 2.24) is 5.32 Å². The monoisotopic (exact) mass is 154 g/mol. The Bertz CT molecular complexity index is 169. The summed E-state index contributed by atoms with van der Waals surface area (Å²) in [6.07, 6.45) is 2.60. The summed E-state index contributed by atoms with van der Waals surface area (Å²) in [5.41, 5.74) is -0.0315. The molecule has 2 N–H and O–H groups in total. The van der Waals surface area contributed by atoms with Crippen molar-refractivity contribution in [1.29, 1.82) is 5.26 Å². The van der Waals surface area contributed by atoms with Gasteiger partial charge in [-0.1, -0.05) is 0 Å². The third-order valence-corrected chi connectivity index (χ3v) is 2.11. The predicted octanol–water partition coefficient (Wildman–Crippen LogP) is 0.403. The first-order chi connectivity index (χ1) is 5.22. The number of nitriles is 1. The molecule has 1 aliphatic rings. The van der Waals surface area contributed by atoms with Gasteiger partial charge in [0.05, 0.1) is 19.1 Å². The Morgan fingerprint density at radius 3 is 2.73 bits per heavy atom. The van der Waals surface area contributed by atoms with Gasteiger partial charge in [0.2, 0.25) is 0 Å². The summed E-state index contributed by atoms with van der Waals surface area (Å²) in [5, 5.41) is 20.5. The lowest BCUT2D eigenvalue weighted by Crippen LogP contribution is -2.40. The van der Waals surface area contributed by atoms with Gasteiger partial charge in [0.1, 0.15) is 0 Å². The van der Waals surface area contributed by atoms with E-state index in [9.17, 15) is 0 Å². The van der Waals surface area contributed by atoms with E-state index < -0.39 is 0 Å². The van der Waals surface area contributed by atoms with Gasteiger partial charge in [-0.25, -0.2) is 0 Å². The Balaban J connectivity index is 2.25. The Morgan fingerprint density at radius 1 is 1.73 bits per heavy atom. The molecule has 3 heteroatoms. The zero-order valence-electron chi connectivity index (χ0n) is 6.80. The third-order valence-electron chi connectivity index (χ3n) is 2.11. The first-order valence-corrected chi connectivity index (χ1v) is 3.98. The van der Waals surface area contributed by atoms with Gasteiger partial charge in [-0.15, -0.1) is 0 Å². The minimum absolute atomic E-state index is 0.0315. The molecule has 0 aromatic rings. The first-order valence-electron chi connectivity index (χ1n) is 3.98. The molecule has 1 unspecified atom stereocenters. The molecule has 0 radical (unpaired) electrons. The first kappa shape index (κ1) is 8.51.